The van der Waals surface area contributed by atoms with E-state index in [1.54, 1.807) is 12.1 Å². The van der Waals surface area contributed by atoms with E-state index in [1.807, 2.05) is 23.9 Å². The smallest absolute Gasteiger partial charge is 0.120 e. The van der Waals surface area contributed by atoms with Gasteiger partial charge in [0.15, 0.2) is 0 Å². The molecular formula is C14H17NO2S. The minimum absolute atomic E-state index is 0.358. The van der Waals surface area contributed by atoms with Crippen molar-refractivity contribution >= 4 is 11.8 Å². The molecule has 96 valence electrons. The fraction of sp³-hybridized carbons (Fsp3) is 0.500. The van der Waals surface area contributed by atoms with E-state index in [1.165, 1.54) is 0 Å². The molecule has 2 rings (SSSR count). The lowest BCUT2D eigenvalue weighted by Crippen LogP contribution is -2.15. The summed E-state index contributed by atoms with van der Waals surface area (Å²) in [7, 11) is 0. The van der Waals surface area contributed by atoms with Gasteiger partial charge in [-0.05, 0) is 31.5 Å². The zero-order chi connectivity index (χ0) is 12.8. The van der Waals surface area contributed by atoms with Gasteiger partial charge in [-0.15, -0.1) is 0 Å². The molecule has 0 aliphatic carbocycles. The van der Waals surface area contributed by atoms with Gasteiger partial charge in [0.1, 0.15) is 5.75 Å². The van der Waals surface area contributed by atoms with E-state index in [-0.39, 0.29) is 0 Å². The van der Waals surface area contributed by atoms with Gasteiger partial charge in [-0.3, -0.25) is 0 Å². The highest BCUT2D eigenvalue weighted by molar-refractivity contribution is 8.00. The number of rotatable bonds is 5. The molecule has 1 aromatic carbocycles. The van der Waals surface area contributed by atoms with Crippen LogP contribution in [-0.2, 0) is 4.74 Å². The summed E-state index contributed by atoms with van der Waals surface area (Å²) in [5.41, 5.74) is 0.637. The molecule has 4 heteroatoms. The molecule has 0 N–H and O–H groups in total. The fourth-order valence-corrected chi connectivity index (χ4v) is 3.04. The average Bonchev–Trinajstić information content (AvgIpc) is 2.81. The van der Waals surface area contributed by atoms with Crippen LogP contribution in [0.4, 0.5) is 0 Å². The number of hydrogen-bond acceptors (Lipinski definition) is 4. The van der Waals surface area contributed by atoms with Gasteiger partial charge < -0.3 is 9.47 Å². The predicted molar refractivity (Wildman–Crippen MR) is 72.9 cm³/mol. The monoisotopic (exact) mass is 263 g/mol. The van der Waals surface area contributed by atoms with Crippen LogP contribution in [0.2, 0.25) is 0 Å². The molecular weight excluding hydrogens is 246 g/mol. The lowest BCUT2D eigenvalue weighted by molar-refractivity contribution is 0.127. The maximum absolute atomic E-state index is 8.78. The van der Waals surface area contributed by atoms with Crippen LogP contribution in [0.5, 0.6) is 5.75 Å². The van der Waals surface area contributed by atoms with E-state index in [9.17, 15) is 0 Å². The first kappa shape index (κ1) is 13.3. The van der Waals surface area contributed by atoms with Crippen molar-refractivity contribution in [3.8, 4) is 11.8 Å². The Hall–Kier alpha value is -1.18. The van der Waals surface area contributed by atoms with E-state index in [4.69, 9.17) is 14.7 Å². The summed E-state index contributed by atoms with van der Waals surface area (Å²) in [6, 6.07) is 9.38. The highest BCUT2D eigenvalue weighted by Crippen LogP contribution is 2.26. The molecule has 18 heavy (non-hydrogen) atoms. The number of nitrogens with zero attached hydrogens (tertiary/aromatic N) is 1. The molecule has 0 spiro atoms. The second-order valence-electron chi connectivity index (χ2n) is 4.26. The third kappa shape index (κ3) is 3.66. The topological polar surface area (TPSA) is 42.2 Å². The Morgan fingerprint density at radius 3 is 3.17 bits per heavy atom. The molecule has 0 bridgehead atoms. The first-order chi connectivity index (χ1) is 8.79. The zero-order valence-corrected chi connectivity index (χ0v) is 11.3. The fourth-order valence-electron chi connectivity index (χ4n) is 1.95. The van der Waals surface area contributed by atoms with Crippen LogP contribution in [0.25, 0.3) is 0 Å². The van der Waals surface area contributed by atoms with Crippen molar-refractivity contribution in [1.29, 1.82) is 5.26 Å². The summed E-state index contributed by atoms with van der Waals surface area (Å²) in [6.07, 6.45) is 1.49. The van der Waals surface area contributed by atoms with Gasteiger partial charge in [-0.1, -0.05) is 6.07 Å². The lowest BCUT2D eigenvalue weighted by Gasteiger charge is -2.13. The van der Waals surface area contributed by atoms with Crippen LogP contribution in [0, 0.1) is 11.3 Å². The predicted octanol–water partition coefficient (Wildman–Crippen LogP) is 2.85. The second-order valence-corrected chi connectivity index (χ2v) is 5.61. The summed E-state index contributed by atoms with van der Waals surface area (Å²) < 4.78 is 11.1. The van der Waals surface area contributed by atoms with Gasteiger partial charge >= 0.3 is 0 Å². The molecule has 1 saturated heterocycles. The Morgan fingerprint density at radius 2 is 2.44 bits per heavy atom. The molecule has 2 atom stereocenters. The minimum atomic E-state index is 0.358. The highest BCUT2D eigenvalue weighted by Gasteiger charge is 2.23. The third-order valence-corrected chi connectivity index (χ3v) is 4.40. The first-order valence-electron chi connectivity index (χ1n) is 6.16. The Bertz CT molecular complexity index is 430. The van der Waals surface area contributed by atoms with Crippen molar-refractivity contribution in [3.05, 3.63) is 29.8 Å². The van der Waals surface area contributed by atoms with E-state index in [0.717, 1.165) is 24.5 Å². The lowest BCUT2D eigenvalue weighted by atomic mass is 10.2. The number of benzene rings is 1. The largest absolute Gasteiger partial charge is 0.493 e. The van der Waals surface area contributed by atoms with Gasteiger partial charge in [0.25, 0.3) is 0 Å². The molecule has 2 unspecified atom stereocenters. The molecule has 1 aromatic rings. The first-order valence-corrected chi connectivity index (χ1v) is 7.20. The number of thioether (sulfide) groups is 1. The van der Waals surface area contributed by atoms with Crippen molar-refractivity contribution in [3.63, 3.8) is 0 Å². The van der Waals surface area contributed by atoms with Crippen molar-refractivity contribution in [2.24, 2.45) is 0 Å². The average molecular weight is 263 g/mol. The minimum Gasteiger partial charge on any atom is -0.493 e. The van der Waals surface area contributed by atoms with E-state index < -0.39 is 0 Å². The quantitative estimate of drug-likeness (QED) is 0.766. The van der Waals surface area contributed by atoms with Gasteiger partial charge in [-0.2, -0.15) is 17.0 Å². The van der Waals surface area contributed by atoms with Gasteiger partial charge in [0.2, 0.25) is 0 Å². The molecule has 1 heterocycles. The normalized spacial score (nSPS) is 22.7. The maximum atomic E-state index is 8.78. The van der Waals surface area contributed by atoms with Crippen molar-refractivity contribution in [2.75, 3.05) is 19.0 Å². The Morgan fingerprint density at radius 1 is 1.56 bits per heavy atom. The molecule has 1 aliphatic heterocycles. The second kappa shape index (κ2) is 6.67. The van der Waals surface area contributed by atoms with Crippen LogP contribution in [0.1, 0.15) is 18.9 Å². The Kier molecular flexibility index (Phi) is 4.91. The summed E-state index contributed by atoms with van der Waals surface area (Å²) in [5.74, 6) is 1.72. The molecule has 0 saturated carbocycles. The molecule has 1 aliphatic rings. The van der Waals surface area contributed by atoms with E-state index in [0.29, 0.717) is 23.5 Å². The van der Waals surface area contributed by atoms with Crippen LogP contribution in [-0.4, -0.2) is 30.3 Å². The maximum Gasteiger partial charge on any atom is 0.120 e. The highest BCUT2D eigenvalue weighted by atomic mass is 32.2. The van der Waals surface area contributed by atoms with E-state index >= 15 is 0 Å². The molecule has 3 nitrogen and oxygen atoms in total. The van der Waals surface area contributed by atoms with Crippen molar-refractivity contribution in [1.82, 2.24) is 0 Å². The number of ether oxygens (including phenoxy) is 2. The van der Waals surface area contributed by atoms with E-state index in [2.05, 4.69) is 13.0 Å². The van der Waals surface area contributed by atoms with Crippen molar-refractivity contribution < 1.29 is 9.47 Å². The summed E-state index contributed by atoms with van der Waals surface area (Å²) >= 11 is 1.91. The van der Waals surface area contributed by atoms with Crippen LogP contribution in [0.15, 0.2) is 24.3 Å². The van der Waals surface area contributed by atoms with Crippen LogP contribution < -0.4 is 4.74 Å². The summed E-state index contributed by atoms with van der Waals surface area (Å²) in [5, 5.41) is 9.38. The van der Waals surface area contributed by atoms with Gasteiger partial charge in [0.05, 0.1) is 24.3 Å². The molecule has 0 aromatic heterocycles. The standard InChI is InChI=1S/C14H17NO2S/c1-11-14(5-6-16-11)18-8-7-17-13-4-2-3-12(9-13)10-15/h2-4,9,11,14H,5-8H2,1H3. The summed E-state index contributed by atoms with van der Waals surface area (Å²) in [4.78, 5) is 0. The van der Waals surface area contributed by atoms with Gasteiger partial charge in [0, 0.05) is 17.6 Å². The van der Waals surface area contributed by atoms with Crippen molar-refractivity contribution in [2.45, 2.75) is 24.7 Å². The third-order valence-electron chi connectivity index (χ3n) is 2.95. The number of hydrogen-bond donors (Lipinski definition) is 0. The molecule has 1 fully saturated rings. The number of nitriles is 1. The summed E-state index contributed by atoms with van der Waals surface area (Å²) in [6.45, 7) is 3.68. The molecule has 0 amide bonds. The molecule has 0 radical (unpaired) electrons. The van der Waals surface area contributed by atoms with Crippen LogP contribution >= 0.6 is 11.8 Å². The zero-order valence-electron chi connectivity index (χ0n) is 10.5. The Balaban J connectivity index is 1.70. The van der Waals surface area contributed by atoms with Crippen LogP contribution in [0.3, 0.4) is 0 Å². The Labute approximate surface area is 112 Å². The van der Waals surface area contributed by atoms with Gasteiger partial charge in [-0.25, -0.2) is 0 Å². The SMILES string of the molecule is CC1OCCC1SCCOc1cccc(C#N)c1.